The zero-order valence-electron chi connectivity index (χ0n) is 20.0. The van der Waals surface area contributed by atoms with Gasteiger partial charge in [0.05, 0.1) is 0 Å². The molecule has 0 amide bonds. The third-order valence-corrected chi connectivity index (χ3v) is 28.0. The topological polar surface area (TPSA) is 9.23 Å². The molecule has 0 radical (unpaired) electrons. The Balaban J connectivity index is 5.68. The summed E-state index contributed by atoms with van der Waals surface area (Å²) in [6.45, 7) is 21.1. The van der Waals surface area contributed by atoms with Crippen molar-refractivity contribution in [2.75, 3.05) is 5.88 Å². The van der Waals surface area contributed by atoms with Gasteiger partial charge in [-0.15, -0.1) is 0 Å². The van der Waals surface area contributed by atoms with Gasteiger partial charge in [-0.2, -0.15) is 0 Å². The molecular formula is C23H49ClOSiSn. The molecular weight excluding hydrogens is 475 g/mol. The van der Waals surface area contributed by atoms with Crippen molar-refractivity contribution in [2.24, 2.45) is 0 Å². The van der Waals surface area contributed by atoms with Gasteiger partial charge in [-0.1, -0.05) is 0 Å². The van der Waals surface area contributed by atoms with E-state index in [2.05, 4.69) is 67.6 Å². The molecule has 0 bridgehead atoms. The van der Waals surface area contributed by atoms with Gasteiger partial charge < -0.3 is 0 Å². The second-order valence-corrected chi connectivity index (χ2v) is 28.9. The van der Waals surface area contributed by atoms with Crippen LogP contribution < -0.4 is 0 Å². The van der Waals surface area contributed by atoms with E-state index in [9.17, 15) is 0 Å². The molecule has 1 unspecified atom stereocenters. The minimum atomic E-state index is -2.33. The Kier molecular flexibility index (Phi) is 13.8. The molecule has 0 saturated heterocycles. The molecule has 0 rings (SSSR count). The summed E-state index contributed by atoms with van der Waals surface area (Å²) < 4.78 is 13.0. The van der Waals surface area contributed by atoms with Gasteiger partial charge in [-0.05, 0) is 0 Å². The first-order valence-corrected chi connectivity index (χ1v) is 22.3. The summed E-state index contributed by atoms with van der Waals surface area (Å²) in [5.74, 6) is 0.584. The summed E-state index contributed by atoms with van der Waals surface area (Å²) >= 11 is 4.08. The summed E-state index contributed by atoms with van der Waals surface area (Å²) in [6, 6.07) is 0. The Morgan fingerprint density at radius 3 is 1.67 bits per heavy atom. The SMILES string of the molecule is CCC[CH2][Sn]([CH2]CCC)([CH2]CCC)/[C](C)=C/C(CCl)O[Si](C)(C)C(C)(C)C. The average molecular weight is 524 g/mol. The van der Waals surface area contributed by atoms with Gasteiger partial charge in [0.2, 0.25) is 0 Å². The number of halogens is 1. The van der Waals surface area contributed by atoms with Gasteiger partial charge in [-0.25, -0.2) is 0 Å². The number of rotatable bonds is 14. The van der Waals surface area contributed by atoms with Crippen LogP contribution in [0.15, 0.2) is 9.67 Å². The maximum absolute atomic E-state index is 6.69. The van der Waals surface area contributed by atoms with Crippen LogP contribution >= 0.6 is 11.6 Å². The number of hydrogen-bond acceptors (Lipinski definition) is 1. The Hall–Kier alpha value is 1.01. The second-order valence-electron chi connectivity index (χ2n) is 10.0. The molecule has 0 aromatic carbocycles. The Bertz CT molecular complexity index is 407. The molecule has 162 valence electrons. The molecule has 0 heterocycles. The monoisotopic (exact) mass is 524 g/mol. The first-order valence-electron chi connectivity index (χ1n) is 11.4. The molecule has 1 atom stereocenters. The van der Waals surface area contributed by atoms with Crippen LogP contribution in [0.5, 0.6) is 0 Å². The normalized spacial score (nSPS) is 15.3. The summed E-state index contributed by atoms with van der Waals surface area (Å²) in [7, 11) is -1.80. The van der Waals surface area contributed by atoms with Crippen LogP contribution in [0.3, 0.4) is 0 Å². The molecule has 0 aromatic rings. The quantitative estimate of drug-likeness (QED) is 0.163. The zero-order valence-corrected chi connectivity index (χ0v) is 24.6. The Morgan fingerprint density at radius 2 is 1.37 bits per heavy atom. The van der Waals surface area contributed by atoms with Gasteiger partial charge in [0, 0.05) is 0 Å². The van der Waals surface area contributed by atoms with Gasteiger partial charge in [0.15, 0.2) is 0 Å². The Morgan fingerprint density at radius 1 is 0.963 bits per heavy atom. The third-order valence-electron chi connectivity index (χ3n) is 6.70. The van der Waals surface area contributed by atoms with Crippen LogP contribution in [0, 0.1) is 0 Å². The molecule has 0 aliphatic rings. The fourth-order valence-corrected chi connectivity index (χ4v) is 21.0. The van der Waals surface area contributed by atoms with E-state index in [0.717, 1.165) is 0 Å². The van der Waals surface area contributed by atoms with Crippen molar-refractivity contribution in [3.8, 4) is 0 Å². The van der Waals surface area contributed by atoms with E-state index in [1.54, 1.807) is 3.59 Å². The fourth-order valence-electron chi connectivity index (χ4n) is 3.63. The predicted octanol–water partition coefficient (Wildman–Crippen LogP) is 8.95. The van der Waals surface area contributed by atoms with Crippen LogP contribution in [-0.2, 0) is 4.43 Å². The van der Waals surface area contributed by atoms with Gasteiger partial charge in [0.25, 0.3) is 0 Å². The molecule has 0 saturated carbocycles. The van der Waals surface area contributed by atoms with E-state index in [-0.39, 0.29) is 11.1 Å². The average Bonchev–Trinajstić information content (AvgIpc) is 2.59. The first kappa shape index (κ1) is 28.0. The molecule has 0 aromatic heterocycles. The van der Waals surface area contributed by atoms with Crippen molar-refractivity contribution >= 4 is 38.3 Å². The van der Waals surface area contributed by atoms with Crippen LogP contribution in [0.1, 0.15) is 87.0 Å². The summed E-state index contributed by atoms with van der Waals surface area (Å²) in [6.07, 6.45) is 10.8. The van der Waals surface area contributed by atoms with Crippen LogP contribution in [0.25, 0.3) is 0 Å². The number of alkyl halides is 1. The van der Waals surface area contributed by atoms with Gasteiger partial charge in [-0.3, -0.25) is 0 Å². The molecule has 0 aliphatic carbocycles. The van der Waals surface area contributed by atoms with Crippen LogP contribution in [0.4, 0.5) is 0 Å². The van der Waals surface area contributed by atoms with Crippen molar-refractivity contribution in [3.05, 3.63) is 9.67 Å². The van der Waals surface area contributed by atoms with E-state index in [1.807, 2.05) is 0 Å². The van der Waals surface area contributed by atoms with Crippen molar-refractivity contribution in [2.45, 2.75) is 125 Å². The van der Waals surface area contributed by atoms with E-state index in [0.29, 0.717) is 5.88 Å². The van der Waals surface area contributed by atoms with E-state index in [1.165, 1.54) is 51.8 Å². The van der Waals surface area contributed by atoms with E-state index < -0.39 is 26.7 Å². The summed E-state index contributed by atoms with van der Waals surface area (Å²) in [5, 5.41) is 0.228. The minimum absolute atomic E-state index is 0.0912. The molecule has 0 fully saturated rings. The standard InChI is InChI=1S/C11H22ClOSi.3C4H9.Sn/c1-7-8-10(9-12)13-14(5,6)11(2,3)4;3*1-3-4-2;/h8,10H,9H2,1-6H3;3*1,3-4H2,2H3;. The van der Waals surface area contributed by atoms with Gasteiger partial charge >= 0.3 is 183 Å². The van der Waals surface area contributed by atoms with E-state index in [4.69, 9.17) is 16.0 Å². The summed E-state index contributed by atoms with van der Waals surface area (Å²) in [4.78, 5) is 0. The molecule has 1 nitrogen and oxygen atoms in total. The van der Waals surface area contributed by atoms with Crippen molar-refractivity contribution in [3.63, 3.8) is 0 Å². The fraction of sp³-hybridized carbons (Fsp3) is 0.913. The number of allylic oxidation sites excluding steroid dienone is 1. The van der Waals surface area contributed by atoms with Crippen molar-refractivity contribution in [1.82, 2.24) is 0 Å². The zero-order chi connectivity index (χ0) is 21.1. The molecule has 0 aliphatic heterocycles. The maximum atomic E-state index is 6.69. The van der Waals surface area contributed by atoms with Crippen LogP contribution in [0.2, 0.25) is 31.4 Å². The van der Waals surface area contributed by atoms with Gasteiger partial charge in [0.1, 0.15) is 0 Å². The van der Waals surface area contributed by atoms with E-state index >= 15 is 0 Å². The number of hydrogen-bond donors (Lipinski definition) is 0. The number of unbranched alkanes of at least 4 members (excludes halogenated alkanes) is 3. The first-order chi connectivity index (χ1) is 12.5. The van der Waals surface area contributed by atoms with Crippen molar-refractivity contribution < 1.29 is 4.43 Å². The molecule has 4 heteroatoms. The summed E-state index contributed by atoms with van der Waals surface area (Å²) in [5.41, 5.74) is 0. The molecule has 0 N–H and O–H groups in total. The predicted molar refractivity (Wildman–Crippen MR) is 131 cm³/mol. The second kappa shape index (κ2) is 13.3. The molecule has 27 heavy (non-hydrogen) atoms. The van der Waals surface area contributed by atoms with Crippen molar-refractivity contribution in [1.29, 1.82) is 0 Å². The molecule has 0 spiro atoms. The third kappa shape index (κ3) is 9.57. The Labute approximate surface area is 182 Å². The van der Waals surface area contributed by atoms with Crippen LogP contribution in [-0.4, -0.2) is 38.7 Å².